The number of rotatable bonds is 11. The Morgan fingerprint density at radius 2 is 1.77 bits per heavy atom. The molecule has 0 saturated heterocycles. The average Bonchev–Trinajstić information content (AvgIpc) is 3.40. The lowest BCUT2D eigenvalue weighted by Gasteiger charge is -2.19. The molecule has 228 valence electrons. The van der Waals surface area contributed by atoms with Crippen molar-refractivity contribution in [2.75, 3.05) is 31.3 Å². The van der Waals surface area contributed by atoms with E-state index >= 15 is 0 Å². The lowest BCUT2D eigenvalue weighted by Crippen LogP contribution is -2.23. The van der Waals surface area contributed by atoms with Gasteiger partial charge in [-0.25, -0.2) is 4.98 Å². The van der Waals surface area contributed by atoms with E-state index in [1.807, 2.05) is 0 Å². The Morgan fingerprint density at radius 1 is 1.05 bits per heavy atom. The van der Waals surface area contributed by atoms with E-state index < -0.39 is 37.2 Å². The number of amides is 1. The van der Waals surface area contributed by atoms with Crippen molar-refractivity contribution in [1.82, 2.24) is 24.6 Å². The van der Waals surface area contributed by atoms with Crippen molar-refractivity contribution in [3.05, 3.63) is 77.7 Å². The first-order valence-corrected chi connectivity index (χ1v) is 14.6. The number of aliphatic hydroxyl groups excluding tert-OH is 1. The first-order chi connectivity index (χ1) is 20.2. The summed E-state index contributed by atoms with van der Waals surface area (Å²) in [5.41, 5.74) is 1.02. The number of benzene rings is 2. The van der Waals surface area contributed by atoms with Gasteiger partial charge in [0.15, 0.2) is 0 Å². The summed E-state index contributed by atoms with van der Waals surface area (Å²) in [7, 11) is -1.23. The van der Waals surface area contributed by atoms with Crippen LogP contribution in [0.15, 0.2) is 61.1 Å². The number of carbonyl (C=O) groups excluding carboxylic acids is 1. The summed E-state index contributed by atoms with van der Waals surface area (Å²) in [6.45, 7) is 0.490. The molecule has 5 N–H and O–H groups in total. The number of anilines is 4. The van der Waals surface area contributed by atoms with Gasteiger partial charge in [0.05, 0.1) is 23.6 Å². The van der Waals surface area contributed by atoms with Gasteiger partial charge in [-0.15, -0.1) is 0 Å². The van der Waals surface area contributed by atoms with E-state index in [2.05, 4.69) is 25.7 Å². The Morgan fingerprint density at radius 3 is 2.40 bits per heavy atom. The molecule has 43 heavy (non-hydrogen) atoms. The zero-order valence-electron chi connectivity index (χ0n) is 23.1. The lowest BCUT2D eigenvalue weighted by atomic mass is 10.0. The highest BCUT2D eigenvalue weighted by molar-refractivity contribution is 7.50. The predicted octanol–water partition coefficient (Wildman–Crippen LogP) is 4.61. The molecule has 4 aromatic rings. The maximum absolute atomic E-state index is 13.9. The van der Waals surface area contributed by atoms with E-state index in [-0.39, 0.29) is 23.8 Å². The maximum atomic E-state index is 13.9. The number of hydrogen-bond donors (Lipinski definition) is 5. The minimum atomic E-state index is -4.82. The molecule has 0 aliphatic carbocycles. The molecule has 16 heteroatoms. The summed E-state index contributed by atoms with van der Waals surface area (Å²) < 4.78 is 54.7. The minimum absolute atomic E-state index is 0.00288. The third-order valence-corrected chi connectivity index (χ3v) is 6.89. The second-order valence-corrected chi connectivity index (χ2v) is 11.4. The summed E-state index contributed by atoms with van der Waals surface area (Å²) in [5.74, 6) is -1.25. The van der Waals surface area contributed by atoms with Crippen LogP contribution in [0.5, 0.6) is 0 Å². The van der Waals surface area contributed by atoms with Crippen molar-refractivity contribution in [3.63, 3.8) is 0 Å². The molecular formula is C27H29F3N7O5P. The minimum Gasteiger partial charge on any atom is -0.396 e. The fourth-order valence-corrected chi connectivity index (χ4v) is 4.74. The Balaban J connectivity index is 1.67. The van der Waals surface area contributed by atoms with Gasteiger partial charge in [0.1, 0.15) is 11.4 Å². The molecular weight excluding hydrogens is 590 g/mol. The molecule has 2 aromatic carbocycles. The van der Waals surface area contributed by atoms with Crippen LogP contribution in [0.1, 0.15) is 27.9 Å². The third-order valence-electron chi connectivity index (χ3n) is 6.11. The van der Waals surface area contributed by atoms with Crippen molar-refractivity contribution in [2.24, 2.45) is 0 Å². The van der Waals surface area contributed by atoms with Gasteiger partial charge in [0.25, 0.3) is 5.91 Å². The molecule has 0 aliphatic heterocycles. The quantitative estimate of drug-likeness (QED) is 0.150. The van der Waals surface area contributed by atoms with E-state index in [9.17, 15) is 22.5 Å². The molecule has 0 unspecified atom stereocenters. The smallest absolute Gasteiger partial charge is 0.396 e. The first kappa shape index (κ1) is 31.6. The van der Waals surface area contributed by atoms with Crippen molar-refractivity contribution >= 4 is 36.6 Å². The zero-order chi connectivity index (χ0) is 31.4. The van der Waals surface area contributed by atoms with Crippen LogP contribution in [0.4, 0.5) is 36.3 Å². The Labute approximate surface area is 244 Å². The number of aromatic nitrogens is 4. The van der Waals surface area contributed by atoms with Crippen LogP contribution in [0.2, 0.25) is 0 Å². The van der Waals surface area contributed by atoms with Crippen LogP contribution in [0.25, 0.3) is 11.1 Å². The monoisotopic (exact) mass is 619 g/mol. The molecule has 0 bridgehead atoms. The SMILES string of the molecule is CN(C)C(=O)c1cc(-c2cnn(CCCO)c2)ccc1Nc1nc(Nc2ccc(CP(=O)(O)O)cc2)ncc1C(F)(F)F. The fraction of sp³-hybridized carbons (Fsp3) is 0.259. The third kappa shape index (κ3) is 8.38. The van der Waals surface area contributed by atoms with Gasteiger partial charge in [-0.2, -0.15) is 23.3 Å². The van der Waals surface area contributed by atoms with Crippen molar-refractivity contribution in [2.45, 2.75) is 25.3 Å². The highest BCUT2D eigenvalue weighted by atomic mass is 31.2. The Kier molecular flexibility index (Phi) is 9.50. The standard InChI is InChI=1S/C27H29F3N7O5P/c1-36(2)25(39)21-12-18(19-13-32-37(15-19)10-3-11-38)6-9-23(21)34-24-22(27(28,29)30)14-31-26(35-24)33-20-7-4-17(5-8-20)16-43(40,41)42/h4-9,12-15,38H,3,10-11,16H2,1-2H3,(H2,40,41,42)(H2,31,33,34,35). The molecule has 0 aliphatic rings. The van der Waals surface area contributed by atoms with E-state index in [4.69, 9.17) is 14.9 Å². The summed E-state index contributed by atoms with van der Waals surface area (Å²) in [6.07, 6.45) is -0.829. The van der Waals surface area contributed by atoms with Crippen LogP contribution in [-0.4, -0.2) is 66.2 Å². The largest absolute Gasteiger partial charge is 0.421 e. The normalized spacial score (nSPS) is 11.8. The Hall–Kier alpha value is -4.30. The van der Waals surface area contributed by atoms with Gasteiger partial charge in [-0.1, -0.05) is 18.2 Å². The summed E-state index contributed by atoms with van der Waals surface area (Å²) >= 11 is 0. The summed E-state index contributed by atoms with van der Waals surface area (Å²) in [5, 5.41) is 18.7. The van der Waals surface area contributed by atoms with Crippen LogP contribution >= 0.6 is 7.60 Å². The number of halogens is 3. The van der Waals surface area contributed by atoms with Gasteiger partial charge >= 0.3 is 13.8 Å². The van der Waals surface area contributed by atoms with E-state index in [1.165, 1.54) is 49.3 Å². The molecule has 1 amide bonds. The van der Waals surface area contributed by atoms with E-state index in [0.29, 0.717) is 41.5 Å². The highest BCUT2D eigenvalue weighted by Crippen LogP contribution is 2.39. The molecule has 0 spiro atoms. The van der Waals surface area contributed by atoms with Crippen LogP contribution in [0, 0.1) is 0 Å². The second kappa shape index (κ2) is 12.9. The Bertz CT molecular complexity index is 1640. The van der Waals surface area contributed by atoms with Crippen LogP contribution in [-0.2, 0) is 23.4 Å². The van der Waals surface area contributed by atoms with Crippen molar-refractivity contribution in [3.8, 4) is 11.1 Å². The first-order valence-electron chi connectivity index (χ1n) is 12.8. The predicted molar refractivity (Wildman–Crippen MR) is 153 cm³/mol. The highest BCUT2D eigenvalue weighted by Gasteiger charge is 2.36. The second-order valence-electron chi connectivity index (χ2n) is 9.75. The fourth-order valence-electron chi connectivity index (χ4n) is 4.05. The number of nitrogens with zero attached hydrogens (tertiary/aromatic N) is 5. The van der Waals surface area contributed by atoms with Gasteiger partial charge in [-0.05, 0) is 41.8 Å². The van der Waals surface area contributed by atoms with Gasteiger partial charge in [0.2, 0.25) is 5.95 Å². The van der Waals surface area contributed by atoms with Gasteiger partial charge in [-0.3, -0.25) is 14.0 Å². The molecule has 12 nitrogen and oxygen atoms in total. The zero-order valence-corrected chi connectivity index (χ0v) is 24.0. The maximum Gasteiger partial charge on any atom is 0.421 e. The molecule has 0 radical (unpaired) electrons. The number of carbonyl (C=O) groups is 1. The number of hydrogen-bond acceptors (Lipinski definition) is 8. The van der Waals surface area contributed by atoms with E-state index in [1.54, 1.807) is 29.2 Å². The summed E-state index contributed by atoms with van der Waals surface area (Å²) in [6, 6.07) is 10.5. The molecule has 4 rings (SSSR count). The molecule has 2 heterocycles. The average molecular weight is 620 g/mol. The number of aryl methyl sites for hydroxylation is 1. The van der Waals surface area contributed by atoms with Crippen molar-refractivity contribution < 1.29 is 37.4 Å². The van der Waals surface area contributed by atoms with Gasteiger partial charge in [0, 0.05) is 50.9 Å². The van der Waals surface area contributed by atoms with Crippen LogP contribution < -0.4 is 10.6 Å². The van der Waals surface area contributed by atoms with Gasteiger partial charge < -0.3 is 30.4 Å². The van der Waals surface area contributed by atoms with E-state index in [0.717, 1.165) is 0 Å². The molecule has 0 atom stereocenters. The lowest BCUT2D eigenvalue weighted by molar-refractivity contribution is -0.137. The molecule has 0 fully saturated rings. The number of nitrogens with one attached hydrogen (secondary N) is 2. The topological polar surface area (TPSA) is 166 Å². The van der Waals surface area contributed by atoms with Crippen molar-refractivity contribution in [1.29, 1.82) is 0 Å². The number of aliphatic hydroxyl groups is 1. The van der Waals surface area contributed by atoms with Crippen LogP contribution in [0.3, 0.4) is 0 Å². The number of alkyl halides is 3. The molecule has 0 saturated carbocycles. The molecule has 2 aromatic heterocycles. The summed E-state index contributed by atoms with van der Waals surface area (Å²) in [4.78, 5) is 40.5.